The number of benzene rings is 2. The maximum absolute atomic E-state index is 4.78. The van der Waals surface area contributed by atoms with Crippen LogP contribution in [0.25, 0.3) is 21.8 Å². The molecule has 2 aromatic carbocycles. The number of para-hydroxylation sites is 1. The van der Waals surface area contributed by atoms with Gasteiger partial charge in [-0.1, -0.05) is 18.2 Å². The Labute approximate surface area is 124 Å². The Balaban J connectivity index is 2.20. The van der Waals surface area contributed by atoms with Crippen LogP contribution in [0.4, 0.5) is 11.4 Å². The predicted octanol–water partition coefficient (Wildman–Crippen LogP) is 3.06. The summed E-state index contributed by atoms with van der Waals surface area (Å²) in [5.41, 5.74) is 4.26. The molecule has 0 aliphatic carbocycles. The Morgan fingerprint density at radius 1 is 0.905 bits per heavy atom. The van der Waals surface area contributed by atoms with Gasteiger partial charge in [0.15, 0.2) is 0 Å². The zero-order valence-corrected chi connectivity index (χ0v) is 12.4. The highest BCUT2D eigenvalue weighted by atomic mass is 14.9. The number of pyridine rings is 1. The predicted molar refractivity (Wildman–Crippen MR) is 91.2 cm³/mol. The fraction of sp³-hybridized carbons (Fsp3) is 0.235. The Morgan fingerprint density at radius 2 is 1.71 bits per heavy atom. The second kappa shape index (κ2) is 5.97. The molecular formula is C17H20N4. The van der Waals surface area contributed by atoms with Crippen molar-refractivity contribution < 1.29 is 0 Å². The molecule has 0 radical (unpaired) electrons. The summed E-state index contributed by atoms with van der Waals surface area (Å²) in [7, 11) is 3.89. The van der Waals surface area contributed by atoms with Crippen LogP contribution in [0, 0.1) is 0 Å². The summed E-state index contributed by atoms with van der Waals surface area (Å²) in [6.07, 6.45) is 0. The van der Waals surface area contributed by atoms with Crippen LogP contribution < -0.4 is 16.0 Å². The van der Waals surface area contributed by atoms with Crippen molar-refractivity contribution in [3.05, 3.63) is 42.5 Å². The van der Waals surface area contributed by atoms with Gasteiger partial charge in [-0.15, -0.1) is 0 Å². The van der Waals surface area contributed by atoms with Crippen molar-refractivity contribution in [2.75, 3.05) is 37.8 Å². The van der Waals surface area contributed by atoms with Gasteiger partial charge in [0.2, 0.25) is 0 Å². The van der Waals surface area contributed by atoms with Crippen molar-refractivity contribution in [1.82, 2.24) is 10.3 Å². The van der Waals surface area contributed by atoms with E-state index in [1.54, 1.807) is 0 Å². The summed E-state index contributed by atoms with van der Waals surface area (Å²) >= 11 is 0. The maximum atomic E-state index is 4.78. The van der Waals surface area contributed by atoms with Gasteiger partial charge in [-0.25, -0.2) is 4.98 Å². The van der Waals surface area contributed by atoms with Gasteiger partial charge in [-0.2, -0.15) is 0 Å². The lowest BCUT2D eigenvalue weighted by Crippen LogP contribution is -2.18. The van der Waals surface area contributed by atoms with E-state index in [2.05, 4.69) is 52.3 Å². The standard InChI is InChI=1S/C17H20N4/c1-18-9-10-20-17-13-5-3-4-6-15(13)21-16-11-12(19-2)7-8-14(16)17/h3-8,11,18-19H,9-10H2,1-2H3,(H,20,21). The molecule has 1 aromatic heterocycles. The molecule has 0 spiro atoms. The molecule has 3 N–H and O–H groups in total. The first-order chi connectivity index (χ1) is 10.3. The van der Waals surface area contributed by atoms with E-state index in [1.165, 1.54) is 5.39 Å². The minimum atomic E-state index is 0.882. The number of aromatic nitrogens is 1. The van der Waals surface area contributed by atoms with Crippen LogP contribution in [0.1, 0.15) is 0 Å². The second-order valence-electron chi connectivity index (χ2n) is 5.02. The molecule has 108 valence electrons. The monoisotopic (exact) mass is 280 g/mol. The lowest BCUT2D eigenvalue weighted by Gasteiger charge is -2.14. The third-order valence-corrected chi connectivity index (χ3v) is 3.65. The van der Waals surface area contributed by atoms with Crippen LogP contribution >= 0.6 is 0 Å². The molecule has 1 heterocycles. The largest absolute Gasteiger partial charge is 0.388 e. The minimum absolute atomic E-state index is 0.882. The van der Waals surface area contributed by atoms with E-state index in [0.29, 0.717) is 0 Å². The smallest absolute Gasteiger partial charge is 0.0751 e. The third-order valence-electron chi connectivity index (χ3n) is 3.65. The van der Waals surface area contributed by atoms with Crippen LogP contribution in [0.15, 0.2) is 42.5 Å². The average molecular weight is 280 g/mol. The van der Waals surface area contributed by atoms with E-state index < -0.39 is 0 Å². The maximum Gasteiger partial charge on any atom is 0.0751 e. The van der Waals surface area contributed by atoms with E-state index in [4.69, 9.17) is 4.98 Å². The van der Waals surface area contributed by atoms with Crippen LogP contribution in [0.2, 0.25) is 0 Å². The second-order valence-corrected chi connectivity index (χ2v) is 5.02. The molecule has 3 aromatic rings. The zero-order chi connectivity index (χ0) is 14.7. The SMILES string of the molecule is CNCCNc1c2ccccc2nc2cc(NC)ccc12. The van der Waals surface area contributed by atoms with Gasteiger partial charge in [0.05, 0.1) is 16.7 Å². The van der Waals surface area contributed by atoms with Crippen LogP contribution in [0.3, 0.4) is 0 Å². The minimum Gasteiger partial charge on any atom is -0.388 e. The lowest BCUT2D eigenvalue weighted by molar-refractivity contribution is 0.825. The quantitative estimate of drug-likeness (QED) is 0.496. The van der Waals surface area contributed by atoms with Crippen LogP contribution in [0.5, 0.6) is 0 Å². The number of hydrogen-bond donors (Lipinski definition) is 3. The molecule has 4 nitrogen and oxygen atoms in total. The number of likely N-dealkylation sites (N-methyl/N-ethyl adjacent to an activating group) is 1. The Kier molecular flexibility index (Phi) is 3.88. The molecule has 0 aliphatic heterocycles. The first-order valence-corrected chi connectivity index (χ1v) is 7.22. The molecule has 21 heavy (non-hydrogen) atoms. The van der Waals surface area contributed by atoms with Gasteiger partial charge in [0.25, 0.3) is 0 Å². The summed E-state index contributed by atoms with van der Waals surface area (Å²) in [4.78, 5) is 4.78. The van der Waals surface area contributed by atoms with Crippen molar-refractivity contribution in [3.63, 3.8) is 0 Å². The lowest BCUT2D eigenvalue weighted by atomic mass is 10.1. The Morgan fingerprint density at radius 3 is 2.52 bits per heavy atom. The van der Waals surface area contributed by atoms with Gasteiger partial charge in [0.1, 0.15) is 0 Å². The Bertz CT molecular complexity index is 767. The summed E-state index contributed by atoms with van der Waals surface area (Å²) in [6.45, 7) is 1.81. The Hall–Kier alpha value is -2.33. The number of rotatable bonds is 5. The third kappa shape index (κ3) is 2.62. The van der Waals surface area contributed by atoms with Crippen molar-refractivity contribution in [1.29, 1.82) is 0 Å². The van der Waals surface area contributed by atoms with Crippen molar-refractivity contribution in [2.45, 2.75) is 0 Å². The molecule has 0 saturated carbocycles. The van der Waals surface area contributed by atoms with Gasteiger partial charge in [-0.05, 0) is 31.3 Å². The molecule has 0 bridgehead atoms. The van der Waals surface area contributed by atoms with E-state index in [-0.39, 0.29) is 0 Å². The highest BCUT2D eigenvalue weighted by molar-refractivity contribution is 6.08. The molecule has 0 unspecified atom stereocenters. The van der Waals surface area contributed by atoms with Gasteiger partial charge in [0, 0.05) is 36.6 Å². The highest BCUT2D eigenvalue weighted by Gasteiger charge is 2.08. The van der Waals surface area contributed by atoms with E-state index in [0.717, 1.165) is 40.9 Å². The summed E-state index contributed by atoms with van der Waals surface area (Å²) in [6, 6.07) is 14.6. The van der Waals surface area contributed by atoms with Crippen molar-refractivity contribution in [2.24, 2.45) is 0 Å². The molecule has 0 saturated heterocycles. The summed E-state index contributed by atoms with van der Waals surface area (Å²) < 4.78 is 0. The van der Waals surface area contributed by atoms with E-state index in [1.807, 2.05) is 20.2 Å². The first-order valence-electron chi connectivity index (χ1n) is 7.22. The average Bonchev–Trinajstić information content (AvgIpc) is 2.53. The normalized spacial score (nSPS) is 11.0. The fourth-order valence-electron chi connectivity index (χ4n) is 2.55. The van der Waals surface area contributed by atoms with Crippen molar-refractivity contribution >= 4 is 33.2 Å². The van der Waals surface area contributed by atoms with Crippen LogP contribution in [-0.2, 0) is 0 Å². The number of anilines is 2. The van der Waals surface area contributed by atoms with Gasteiger partial charge < -0.3 is 16.0 Å². The van der Waals surface area contributed by atoms with E-state index in [9.17, 15) is 0 Å². The molecule has 3 rings (SSSR count). The number of nitrogens with one attached hydrogen (secondary N) is 3. The van der Waals surface area contributed by atoms with Crippen LogP contribution in [-0.4, -0.2) is 32.2 Å². The number of hydrogen-bond acceptors (Lipinski definition) is 4. The number of fused-ring (bicyclic) bond motifs is 2. The summed E-state index contributed by atoms with van der Waals surface area (Å²) in [5, 5.41) is 12.2. The molecule has 0 atom stereocenters. The first kappa shape index (κ1) is 13.6. The molecule has 0 aliphatic rings. The molecule has 0 fully saturated rings. The van der Waals surface area contributed by atoms with Gasteiger partial charge >= 0.3 is 0 Å². The summed E-state index contributed by atoms with van der Waals surface area (Å²) in [5.74, 6) is 0. The highest BCUT2D eigenvalue weighted by Crippen LogP contribution is 2.31. The van der Waals surface area contributed by atoms with E-state index >= 15 is 0 Å². The fourth-order valence-corrected chi connectivity index (χ4v) is 2.55. The van der Waals surface area contributed by atoms with Gasteiger partial charge in [-0.3, -0.25) is 0 Å². The molecule has 4 heteroatoms. The zero-order valence-electron chi connectivity index (χ0n) is 12.4. The van der Waals surface area contributed by atoms with Crippen molar-refractivity contribution in [3.8, 4) is 0 Å². The number of nitrogens with zero attached hydrogens (tertiary/aromatic N) is 1. The molecular weight excluding hydrogens is 260 g/mol. The topological polar surface area (TPSA) is 49.0 Å². The molecule has 0 amide bonds.